The summed E-state index contributed by atoms with van der Waals surface area (Å²) in [6, 6.07) is 6.97. The molecule has 1 aromatic heterocycles. The predicted molar refractivity (Wildman–Crippen MR) is 87.6 cm³/mol. The zero-order valence-electron chi connectivity index (χ0n) is 12.6. The van der Waals surface area contributed by atoms with Gasteiger partial charge in [-0.05, 0) is 30.2 Å². The fraction of sp³-hybridized carbons (Fsp3) is 0.267. The van der Waals surface area contributed by atoms with Crippen LogP contribution in [0.1, 0.15) is 15.9 Å². The molecule has 0 unspecified atom stereocenters. The number of benzene rings is 1. The summed E-state index contributed by atoms with van der Waals surface area (Å²) in [5.74, 6) is 0.946. The molecule has 122 valence electrons. The van der Waals surface area contributed by atoms with Crippen molar-refractivity contribution in [3.8, 4) is 11.5 Å². The molecule has 0 saturated heterocycles. The normalized spacial score (nSPS) is 10.3. The van der Waals surface area contributed by atoms with E-state index in [4.69, 9.17) is 32.7 Å². The number of hydrogen-bond acceptors (Lipinski definition) is 5. The highest BCUT2D eigenvalue weighted by Crippen LogP contribution is 2.27. The molecule has 2 aromatic rings. The first-order valence-electron chi connectivity index (χ1n) is 6.73. The largest absolute Gasteiger partial charge is 0.493 e. The molecular weight excluding hydrogens is 341 g/mol. The number of rotatable bonds is 6. The molecule has 1 aromatic carbocycles. The Labute approximate surface area is 143 Å². The first kappa shape index (κ1) is 17.3. The van der Waals surface area contributed by atoms with Gasteiger partial charge in [-0.25, -0.2) is 0 Å². The fourth-order valence-electron chi connectivity index (χ4n) is 1.96. The molecule has 8 heteroatoms. The molecule has 0 fully saturated rings. The highest BCUT2D eigenvalue weighted by molar-refractivity contribution is 6.34. The van der Waals surface area contributed by atoms with Crippen molar-refractivity contribution in [2.75, 3.05) is 20.8 Å². The quantitative estimate of drug-likeness (QED) is 0.862. The van der Waals surface area contributed by atoms with Crippen molar-refractivity contribution in [1.29, 1.82) is 0 Å². The van der Waals surface area contributed by atoms with Gasteiger partial charge in [0.25, 0.3) is 5.91 Å². The lowest BCUT2D eigenvalue weighted by atomic mass is 10.1. The smallest absolute Gasteiger partial charge is 0.254 e. The van der Waals surface area contributed by atoms with Gasteiger partial charge in [0.2, 0.25) is 0 Å². The third-order valence-electron chi connectivity index (χ3n) is 3.11. The van der Waals surface area contributed by atoms with Crippen molar-refractivity contribution in [1.82, 2.24) is 15.5 Å². The lowest BCUT2D eigenvalue weighted by Gasteiger charge is -2.10. The molecule has 0 saturated carbocycles. The Balaban J connectivity index is 1.97. The highest BCUT2D eigenvalue weighted by atomic mass is 35.5. The summed E-state index contributed by atoms with van der Waals surface area (Å²) in [5.41, 5.74) is 1.19. The molecule has 0 bridgehead atoms. The highest BCUT2D eigenvalue weighted by Gasteiger charge is 2.13. The summed E-state index contributed by atoms with van der Waals surface area (Å²) in [7, 11) is 3.15. The number of hydrogen-bond donors (Lipinski definition) is 1. The van der Waals surface area contributed by atoms with Crippen LogP contribution in [0.2, 0.25) is 10.3 Å². The number of nitrogens with zero attached hydrogens (tertiary/aromatic N) is 2. The van der Waals surface area contributed by atoms with Gasteiger partial charge in [0, 0.05) is 6.54 Å². The number of methoxy groups -OCH3 is 2. The average molecular weight is 356 g/mol. The van der Waals surface area contributed by atoms with E-state index in [-0.39, 0.29) is 21.8 Å². The molecule has 23 heavy (non-hydrogen) atoms. The summed E-state index contributed by atoms with van der Waals surface area (Å²) in [6.45, 7) is 0.421. The maximum Gasteiger partial charge on any atom is 0.254 e. The van der Waals surface area contributed by atoms with Gasteiger partial charge in [0.15, 0.2) is 21.8 Å². The Morgan fingerprint density at radius 3 is 2.57 bits per heavy atom. The zero-order chi connectivity index (χ0) is 16.8. The molecule has 2 rings (SSSR count). The van der Waals surface area contributed by atoms with E-state index in [1.54, 1.807) is 14.2 Å². The van der Waals surface area contributed by atoms with Crippen LogP contribution in [0.5, 0.6) is 11.5 Å². The molecule has 1 heterocycles. The third kappa shape index (κ3) is 4.46. The summed E-state index contributed by atoms with van der Waals surface area (Å²) < 4.78 is 10.4. The molecule has 0 atom stereocenters. The van der Waals surface area contributed by atoms with Crippen LogP contribution < -0.4 is 14.8 Å². The fourth-order valence-corrected chi connectivity index (χ4v) is 2.29. The van der Waals surface area contributed by atoms with Gasteiger partial charge in [-0.15, -0.1) is 10.2 Å². The van der Waals surface area contributed by atoms with E-state index >= 15 is 0 Å². The predicted octanol–water partition coefficient (Wildman–Crippen LogP) is 2.77. The first-order chi connectivity index (χ1) is 11.0. The van der Waals surface area contributed by atoms with E-state index in [1.807, 2.05) is 18.2 Å². The Morgan fingerprint density at radius 1 is 1.13 bits per heavy atom. The van der Waals surface area contributed by atoms with Gasteiger partial charge in [0.1, 0.15) is 0 Å². The van der Waals surface area contributed by atoms with Gasteiger partial charge in [-0.3, -0.25) is 4.79 Å². The minimum Gasteiger partial charge on any atom is -0.493 e. The van der Waals surface area contributed by atoms with E-state index in [1.165, 1.54) is 6.07 Å². The lowest BCUT2D eigenvalue weighted by molar-refractivity contribution is 0.0953. The molecule has 6 nitrogen and oxygen atoms in total. The summed E-state index contributed by atoms with van der Waals surface area (Å²) in [6.07, 6.45) is 0.621. The first-order valence-corrected chi connectivity index (χ1v) is 7.48. The summed E-state index contributed by atoms with van der Waals surface area (Å²) in [4.78, 5) is 12.1. The van der Waals surface area contributed by atoms with Crippen molar-refractivity contribution in [3.05, 3.63) is 45.7 Å². The van der Waals surface area contributed by atoms with Gasteiger partial charge in [0.05, 0.1) is 19.8 Å². The maximum atomic E-state index is 12.1. The number of ether oxygens (including phenoxy) is 2. The second-order valence-electron chi connectivity index (χ2n) is 4.57. The SMILES string of the molecule is COc1ccc(CCNC(=O)c2cc(Cl)nnc2Cl)cc1OC. The second kappa shape index (κ2) is 7.99. The van der Waals surface area contributed by atoms with Crippen molar-refractivity contribution >= 4 is 29.1 Å². The van der Waals surface area contributed by atoms with Crippen LogP contribution in [0.3, 0.4) is 0 Å². The number of aromatic nitrogens is 2. The van der Waals surface area contributed by atoms with Crippen molar-refractivity contribution in [2.24, 2.45) is 0 Å². The minimum absolute atomic E-state index is 0.0121. The Morgan fingerprint density at radius 2 is 1.87 bits per heavy atom. The molecule has 0 aliphatic rings. The van der Waals surface area contributed by atoms with Crippen LogP contribution in [0.15, 0.2) is 24.3 Å². The second-order valence-corrected chi connectivity index (χ2v) is 5.31. The third-order valence-corrected chi connectivity index (χ3v) is 3.57. The van der Waals surface area contributed by atoms with Crippen LogP contribution >= 0.6 is 23.2 Å². The molecule has 1 amide bonds. The zero-order valence-corrected chi connectivity index (χ0v) is 14.1. The van der Waals surface area contributed by atoms with Crippen LogP contribution in [-0.2, 0) is 6.42 Å². The molecule has 0 radical (unpaired) electrons. The van der Waals surface area contributed by atoms with Crippen LogP contribution in [-0.4, -0.2) is 36.9 Å². The summed E-state index contributed by atoms with van der Waals surface area (Å²) in [5, 5.41) is 10.0. The van der Waals surface area contributed by atoms with Gasteiger partial charge >= 0.3 is 0 Å². The molecule has 0 spiro atoms. The van der Waals surface area contributed by atoms with Crippen LogP contribution in [0, 0.1) is 0 Å². The summed E-state index contributed by atoms with van der Waals surface area (Å²) >= 11 is 11.6. The Kier molecular flexibility index (Phi) is 6.01. The van der Waals surface area contributed by atoms with E-state index in [0.29, 0.717) is 24.5 Å². The number of halogens is 2. The maximum absolute atomic E-state index is 12.1. The van der Waals surface area contributed by atoms with Crippen LogP contribution in [0.25, 0.3) is 0 Å². The minimum atomic E-state index is -0.354. The monoisotopic (exact) mass is 355 g/mol. The molecular formula is C15H15Cl2N3O3. The molecule has 1 N–H and O–H groups in total. The Hall–Kier alpha value is -2.05. The van der Waals surface area contributed by atoms with Gasteiger partial charge in [-0.2, -0.15) is 0 Å². The van der Waals surface area contributed by atoms with E-state index in [2.05, 4.69) is 15.5 Å². The van der Waals surface area contributed by atoms with Crippen molar-refractivity contribution in [2.45, 2.75) is 6.42 Å². The van der Waals surface area contributed by atoms with Gasteiger partial charge < -0.3 is 14.8 Å². The number of carbonyl (C=O) groups is 1. The van der Waals surface area contributed by atoms with E-state index in [0.717, 1.165) is 5.56 Å². The Bertz CT molecular complexity index is 710. The topological polar surface area (TPSA) is 73.3 Å². The van der Waals surface area contributed by atoms with Crippen LogP contribution in [0.4, 0.5) is 0 Å². The number of amides is 1. The van der Waals surface area contributed by atoms with E-state index < -0.39 is 0 Å². The van der Waals surface area contributed by atoms with Crippen molar-refractivity contribution in [3.63, 3.8) is 0 Å². The van der Waals surface area contributed by atoms with Crippen molar-refractivity contribution < 1.29 is 14.3 Å². The standard InChI is InChI=1S/C15H15Cl2N3O3/c1-22-11-4-3-9(7-12(11)23-2)5-6-18-15(21)10-8-13(16)19-20-14(10)17/h3-4,7-8H,5-6H2,1-2H3,(H,18,21). The average Bonchev–Trinajstić information content (AvgIpc) is 2.56. The number of nitrogens with one attached hydrogen (secondary N) is 1. The molecule has 0 aliphatic heterocycles. The van der Waals surface area contributed by atoms with E-state index in [9.17, 15) is 4.79 Å². The number of carbonyl (C=O) groups excluding carboxylic acids is 1. The molecule has 0 aliphatic carbocycles. The lowest BCUT2D eigenvalue weighted by Crippen LogP contribution is -2.26. The van der Waals surface area contributed by atoms with Gasteiger partial charge in [-0.1, -0.05) is 29.3 Å².